The minimum atomic E-state index is -1.16. The van der Waals surface area contributed by atoms with E-state index in [9.17, 15) is 0 Å². The zero-order valence-electron chi connectivity index (χ0n) is 28.0. The van der Waals surface area contributed by atoms with E-state index in [4.69, 9.17) is 0 Å². The third kappa shape index (κ3) is 4.74. The molecule has 50 heavy (non-hydrogen) atoms. The van der Waals surface area contributed by atoms with Gasteiger partial charge in [-0.1, -0.05) is 0 Å². The molecule has 0 spiro atoms. The number of benzene rings is 9. The molecule has 0 radical (unpaired) electrons. The minimum absolute atomic E-state index is 0.602. The summed E-state index contributed by atoms with van der Waals surface area (Å²) in [5.41, 5.74) is 13.5. The van der Waals surface area contributed by atoms with Gasteiger partial charge in [-0.25, -0.2) is 0 Å². The van der Waals surface area contributed by atoms with E-state index in [-0.39, 0.29) is 0 Å². The Morgan fingerprint density at radius 2 is 0.860 bits per heavy atom. The molecule has 2 heteroatoms. The van der Waals surface area contributed by atoms with E-state index in [0.29, 0.717) is 16.5 Å². The molecule has 0 aliphatic carbocycles. The number of fused-ring (bicyclic) bond motifs is 6. The summed E-state index contributed by atoms with van der Waals surface area (Å²) in [7, 11) is 0. The molecule has 9 aromatic carbocycles. The summed E-state index contributed by atoms with van der Waals surface area (Å²) in [4.78, 5) is 0. The van der Waals surface area contributed by atoms with Gasteiger partial charge in [-0.2, -0.15) is 0 Å². The molecule has 1 heterocycles. The molecule has 0 saturated carbocycles. The molecule has 1 aliphatic rings. The van der Waals surface area contributed by atoms with Crippen molar-refractivity contribution in [3.05, 3.63) is 176 Å². The van der Waals surface area contributed by atoms with E-state index in [0.717, 1.165) is 0 Å². The maximum absolute atomic E-state index is 2.51. The van der Waals surface area contributed by atoms with E-state index >= 15 is 0 Å². The van der Waals surface area contributed by atoms with Gasteiger partial charge in [0.25, 0.3) is 0 Å². The van der Waals surface area contributed by atoms with Crippen LogP contribution in [0.4, 0.5) is 0 Å². The van der Waals surface area contributed by atoms with E-state index in [1.165, 1.54) is 92.3 Å². The molecule has 0 fully saturated rings. The van der Waals surface area contributed by atoms with Crippen molar-refractivity contribution in [1.29, 1.82) is 0 Å². The van der Waals surface area contributed by atoms with E-state index in [1.54, 1.807) is 8.79 Å². The Labute approximate surface area is 307 Å². The van der Waals surface area contributed by atoms with Gasteiger partial charge in [0.15, 0.2) is 0 Å². The van der Waals surface area contributed by atoms with Gasteiger partial charge in [0.05, 0.1) is 0 Å². The number of hydrogen-bond acceptors (Lipinski definition) is 0. The average molecular weight is 756 g/mol. The average Bonchev–Trinajstić information content (AvgIpc) is 3.56. The molecule has 1 aliphatic heterocycles. The van der Waals surface area contributed by atoms with Crippen LogP contribution in [0.1, 0.15) is 0 Å². The van der Waals surface area contributed by atoms with Crippen molar-refractivity contribution in [3.8, 4) is 55.6 Å². The van der Waals surface area contributed by atoms with E-state index in [1.807, 2.05) is 0 Å². The number of rotatable bonds is 4. The molecule has 9 aromatic rings. The van der Waals surface area contributed by atoms with E-state index < -0.39 is 15.4 Å². The molecule has 0 amide bonds. The molecule has 0 nitrogen and oxygen atoms in total. The van der Waals surface area contributed by atoms with Gasteiger partial charge in [-0.05, 0) is 0 Å². The Hall–Kier alpha value is -5.15. The van der Waals surface area contributed by atoms with Gasteiger partial charge in [0.1, 0.15) is 0 Å². The SMILES string of the molecule is [GeH3][c]1ccccc1-c1cccc(-c2cccc3c(-c4cccc5ccccc45)c4cccc(-c5cccc6[c]5[GeH2][c]5ccccc5-6)c4cc23)c1. The third-order valence-corrected chi connectivity index (χ3v) is 17.1. The first kappa shape index (κ1) is 29.7. The zero-order chi connectivity index (χ0) is 33.2. The number of hydrogen-bond donors (Lipinski definition) is 0. The van der Waals surface area contributed by atoms with Crippen molar-refractivity contribution in [2.75, 3.05) is 0 Å². The van der Waals surface area contributed by atoms with Gasteiger partial charge in [-0.15, -0.1) is 0 Å². The summed E-state index contributed by atoms with van der Waals surface area (Å²) in [5, 5.41) is 7.79. The van der Waals surface area contributed by atoms with Gasteiger partial charge < -0.3 is 0 Å². The second-order valence-corrected chi connectivity index (χ2v) is 19.7. The van der Waals surface area contributed by atoms with Crippen LogP contribution in [0.25, 0.3) is 88.0 Å². The van der Waals surface area contributed by atoms with Gasteiger partial charge in [-0.3, -0.25) is 0 Å². The fraction of sp³-hybridized carbons (Fsp3) is 0. The second kappa shape index (κ2) is 12.0. The monoisotopic (exact) mass is 758 g/mol. The Morgan fingerprint density at radius 3 is 1.70 bits per heavy atom. The summed E-state index contributed by atoms with van der Waals surface area (Å²) < 4.78 is 4.69. The van der Waals surface area contributed by atoms with Crippen LogP contribution in [-0.4, -0.2) is 31.9 Å². The first-order chi connectivity index (χ1) is 24.7. The Bertz CT molecular complexity index is 2800. The Balaban J connectivity index is 1.30. The molecule has 10 rings (SSSR count). The fourth-order valence-corrected chi connectivity index (χ4v) is 14.4. The van der Waals surface area contributed by atoms with Crippen LogP contribution in [-0.2, 0) is 0 Å². The topological polar surface area (TPSA) is 0 Å². The van der Waals surface area contributed by atoms with Gasteiger partial charge in [0, 0.05) is 0 Å². The molecule has 234 valence electrons. The molecule has 0 bridgehead atoms. The van der Waals surface area contributed by atoms with Crippen LogP contribution in [0.2, 0.25) is 0 Å². The fourth-order valence-electron chi connectivity index (χ4n) is 8.55. The maximum atomic E-state index is 2.51. The first-order valence-corrected chi connectivity index (χ1v) is 22.6. The van der Waals surface area contributed by atoms with Crippen LogP contribution in [0.3, 0.4) is 0 Å². The molecule has 0 saturated heterocycles. The Morgan fingerprint density at radius 1 is 0.340 bits per heavy atom. The standard InChI is InChI=1S/C48H34Ge2/c49-45-26-5-3-17-35(45)32-15-7-14-31(28-32)34-19-9-22-39-43(34)29-44-36(41-24-11-25-42-37-18-4-6-27-46(37)50-48(41)42)20-10-23-40(44)47(39)38-21-8-13-30-12-1-2-16-33(30)38/h1-29H,50H2,49H3. The quantitative estimate of drug-likeness (QED) is 0.124. The molecule has 0 unspecified atom stereocenters. The van der Waals surface area contributed by atoms with Gasteiger partial charge in [0.2, 0.25) is 0 Å². The van der Waals surface area contributed by atoms with Crippen molar-refractivity contribution in [2.24, 2.45) is 0 Å². The van der Waals surface area contributed by atoms with Crippen LogP contribution >= 0.6 is 0 Å². The Kier molecular flexibility index (Phi) is 7.15. The molecule has 0 aromatic heterocycles. The zero-order valence-corrected chi connectivity index (χ0v) is 35.1. The predicted octanol–water partition coefficient (Wildman–Crippen LogP) is 8.90. The molecule has 0 atom stereocenters. The third-order valence-electron chi connectivity index (χ3n) is 10.9. The summed E-state index contributed by atoms with van der Waals surface area (Å²) in [6.45, 7) is 0. The summed E-state index contributed by atoms with van der Waals surface area (Å²) in [6.07, 6.45) is 0. The summed E-state index contributed by atoms with van der Waals surface area (Å²) in [6, 6.07) is 66.3. The van der Waals surface area contributed by atoms with Crippen molar-refractivity contribution in [1.82, 2.24) is 0 Å². The summed E-state index contributed by atoms with van der Waals surface area (Å²) >= 11 is -0.555. The van der Waals surface area contributed by atoms with Gasteiger partial charge >= 0.3 is 309 Å². The molecular weight excluding hydrogens is 722 g/mol. The predicted molar refractivity (Wildman–Crippen MR) is 224 cm³/mol. The van der Waals surface area contributed by atoms with Crippen molar-refractivity contribution < 1.29 is 0 Å². The van der Waals surface area contributed by atoms with Crippen molar-refractivity contribution in [2.45, 2.75) is 0 Å². The summed E-state index contributed by atoms with van der Waals surface area (Å²) in [5.74, 6) is 0. The molecular formula is C48H34Ge2. The van der Waals surface area contributed by atoms with Crippen LogP contribution < -0.4 is 13.2 Å². The van der Waals surface area contributed by atoms with Crippen LogP contribution in [0, 0.1) is 0 Å². The normalized spacial score (nSPS) is 12.6. The first-order valence-electron chi connectivity index (χ1n) is 17.6. The second-order valence-electron chi connectivity index (χ2n) is 13.6. The van der Waals surface area contributed by atoms with Crippen LogP contribution in [0.15, 0.2) is 176 Å². The van der Waals surface area contributed by atoms with Crippen molar-refractivity contribution >= 4 is 77.5 Å². The van der Waals surface area contributed by atoms with Crippen LogP contribution in [0.5, 0.6) is 0 Å². The van der Waals surface area contributed by atoms with E-state index in [2.05, 4.69) is 176 Å². The molecule has 0 N–H and O–H groups in total. The van der Waals surface area contributed by atoms with Crippen molar-refractivity contribution in [3.63, 3.8) is 0 Å².